The molecule has 2 N–H and O–H groups in total. The molecular weight excluding hydrogens is 268 g/mol. The number of methoxy groups -OCH3 is 1. The standard InChI is InChI=1S/C16H22N2O3/c1-11-8-14(11)16(20)17-7-6-15(19)18-10-12-4-3-5-13(9-12)21-2/h3-5,9,11,14H,6-8,10H2,1-2H3,(H,17,20)(H,18,19)/t11-,14+/m1/s1. The largest absolute Gasteiger partial charge is 0.497 e. The highest BCUT2D eigenvalue weighted by Crippen LogP contribution is 2.37. The van der Waals surface area contributed by atoms with E-state index < -0.39 is 0 Å². The van der Waals surface area contributed by atoms with E-state index in [1.807, 2.05) is 24.3 Å². The Bertz CT molecular complexity index is 516. The van der Waals surface area contributed by atoms with E-state index in [9.17, 15) is 9.59 Å². The zero-order valence-electron chi connectivity index (χ0n) is 12.5. The molecule has 1 aromatic carbocycles. The highest BCUT2D eigenvalue weighted by Gasteiger charge is 2.38. The topological polar surface area (TPSA) is 67.4 Å². The van der Waals surface area contributed by atoms with Crippen LogP contribution < -0.4 is 15.4 Å². The van der Waals surface area contributed by atoms with E-state index >= 15 is 0 Å². The Morgan fingerprint density at radius 1 is 1.33 bits per heavy atom. The molecular formula is C16H22N2O3. The molecule has 0 saturated heterocycles. The first-order chi connectivity index (χ1) is 10.1. The summed E-state index contributed by atoms with van der Waals surface area (Å²) in [6.07, 6.45) is 1.27. The van der Waals surface area contributed by atoms with Crippen molar-refractivity contribution in [1.82, 2.24) is 10.6 Å². The number of nitrogens with one attached hydrogen (secondary N) is 2. The summed E-state index contributed by atoms with van der Waals surface area (Å²) in [7, 11) is 1.61. The molecule has 0 heterocycles. The summed E-state index contributed by atoms with van der Waals surface area (Å²) in [5, 5.41) is 5.63. The van der Waals surface area contributed by atoms with Crippen molar-refractivity contribution in [1.29, 1.82) is 0 Å². The minimum atomic E-state index is -0.0676. The predicted molar refractivity (Wildman–Crippen MR) is 79.7 cm³/mol. The van der Waals surface area contributed by atoms with E-state index in [0.717, 1.165) is 17.7 Å². The summed E-state index contributed by atoms with van der Waals surface area (Å²) in [6, 6.07) is 7.56. The van der Waals surface area contributed by atoms with Crippen LogP contribution in [-0.2, 0) is 16.1 Å². The minimum Gasteiger partial charge on any atom is -0.497 e. The number of carbonyl (C=O) groups is 2. The van der Waals surface area contributed by atoms with E-state index in [1.54, 1.807) is 7.11 Å². The summed E-state index contributed by atoms with van der Waals surface area (Å²) in [4.78, 5) is 23.3. The number of benzene rings is 1. The van der Waals surface area contributed by atoms with Crippen molar-refractivity contribution in [3.05, 3.63) is 29.8 Å². The first kappa shape index (κ1) is 15.4. The SMILES string of the molecule is COc1cccc(CNC(=O)CCNC(=O)[C@H]2C[C@H]2C)c1. The Morgan fingerprint density at radius 3 is 2.76 bits per heavy atom. The maximum atomic E-state index is 11.7. The number of amides is 2. The molecule has 1 fully saturated rings. The normalized spacial score (nSPS) is 19.7. The van der Waals surface area contributed by atoms with Crippen LogP contribution in [0, 0.1) is 11.8 Å². The second-order valence-electron chi connectivity index (χ2n) is 5.49. The number of ether oxygens (including phenoxy) is 1. The first-order valence-electron chi connectivity index (χ1n) is 7.27. The molecule has 0 aliphatic heterocycles. The third-order valence-corrected chi connectivity index (χ3v) is 3.72. The second kappa shape index (κ2) is 7.11. The van der Waals surface area contributed by atoms with Gasteiger partial charge in [-0.15, -0.1) is 0 Å². The number of rotatable bonds is 7. The molecule has 21 heavy (non-hydrogen) atoms. The van der Waals surface area contributed by atoms with Crippen LogP contribution in [0.3, 0.4) is 0 Å². The van der Waals surface area contributed by atoms with Gasteiger partial charge in [-0.05, 0) is 30.0 Å². The van der Waals surface area contributed by atoms with Gasteiger partial charge in [-0.25, -0.2) is 0 Å². The molecule has 0 aromatic heterocycles. The molecule has 1 aromatic rings. The molecule has 1 aliphatic rings. The van der Waals surface area contributed by atoms with Gasteiger partial charge in [0.2, 0.25) is 11.8 Å². The smallest absolute Gasteiger partial charge is 0.223 e. The maximum Gasteiger partial charge on any atom is 0.223 e. The van der Waals surface area contributed by atoms with Crippen molar-refractivity contribution in [3.8, 4) is 5.75 Å². The predicted octanol–water partition coefficient (Wildman–Crippen LogP) is 1.47. The zero-order chi connectivity index (χ0) is 15.2. The zero-order valence-corrected chi connectivity index (χ0v) is 12.5. The van der Waals surface area contributed by atoms with Gasteiger partial charge in [0.15, 0.2) is 0 Å². The Balaban J connectivity index is 1.64. The number of hydrogen-bond donors (Lipinski definition) is 2. The Kier molecular flexibility index (Phi) is 5.20. The monoisotopic (exact) mass is 290 g/mol. The molecule has 0 bridgehead atoms. The Morgan fingerprint density at radius 2 is 2.10 bits per heavy atom. The van der Waals surface area contributed by atoms with Crippen LogP contribution in [0.1, 0.15) is 25.3 Å². The molecule has 2 rings (SSSR count). The van der Waals surface area contributed by atoms with Crippen molar-refractivity contribution >= 4 is 11.8 Å². The fourth-order valence-electron chi connectivity index (χ4n) is 2.19. The first-order valence-corrected chi connectivity index (χ1v) is 7.27. The molecule has 0 radical (unpaired) electrons. The molecule has 0 spiro atoms. The van der Waals surface area contributed by atoms with E-state index in [1.165, 1.54) is 0 Å². The lowest BCUT2D eigenvalue weighted by Gasteiger charge is -2.08. The lowest BCUT2D eigenvalue weighted by atomic mass is 10.2. The van der Waals surface area contributed by atoms with Gasteiger partial charge in [0.1, 0.15) is 5.75 Å². The average molecular weight is 290 g/mol. The minimum absolute atomic E-state index is 0.0676. The molecule has 114 valence electrons. The summed E-state index contributed by atoms with van der Waals surface area (Å²) in [5.74, 6) is 1.43. The van der Waals surface area contributed by atoms with Crippen molar-refractivity contribution in [2.75, 3.05) is 13.7 Å². The van der Waals surface area contributed by atoms with Crippen LogP contribution in [0.5, 0.6) is 5.75 Å². The number of hydrogen-bond acceptors (Lipinski definition) is 3. The summed E-state index contributed by atoms with van der Waals surface area (Å²) < 4.78 is 5.13. The van der Waals surface area contributed by atoms with E-state index in [-0.39, 0.29) is 17.7 Å². The van der Waals surface area contributed by atoms with Crippen LogP contribution in [0.25, 0.3) is 0 Å². The van der Waals surface area contributed by atoms with Crippen LogP contribution in [-0.4, -0.2) is 25.5 Å². The van der Waals surface area contributed by atoms with Gasteiger partial charge in [0.05, 0.1) is 7.11 Å². The molecule has 0 unspecified atom stereocenters. The van der Waals surface area contributed by atoms with Gasteiger partial charge in [-0.3, -0.25) is 9.59 Å². The molecule has 2 atom stereocenters. The van der Waals surface area contributed by atoms with Gasteiger partial charge in [0.25, 0.3) is 0 Å². The maximum absolute atomic E-state index is 11.7. The quantitative estimate of drug-likeness (QED) is 0.799. The van der Waals surface area contributed by atoms with Gasteiger partial charge in [0, 0.05) is 25.4 Å². The Hall–Kier alpha value is -2.04. The van der Waals surface area contributed by atoms with Crippen LogP contribution in [0.15, 0.2) is 24.3 Å². The van der Waals surface area contributed by atoms with Gasteiger partial charge < -0.3 is 15.4 Å². The fraction of sp³-hybridized carbons (Fsp3) is 0.500. The highest BCUT2D eigenvalue weighted by molar-refractivity contribution is 5.82. The van der Waals surface area contributed by atoms with Crippen molar-refractivity contribution < 1.29 is 14.3 Å². The summed E-state index contributed by atoms with van der Waals surface area (Å²) in [5.41, 5.74) is 0.985. The van der Waals surface area contributed by atoms with Crippen molar-refractivity contribution in [3.63, 3.8) is 0 Å². The summed E-state index contributed by atoms with van der Waals surface area (Å²) in [6.45, 7) is 2.92. The Labute approximate surface area is 125 Å². The highest BCUT2D eigenvalue weighted by atomic mass is 16.5. The fourth-order valence-corrected chi connectivity index (χ4v) is 2.19. The molecule has 5 heteroatoms. The van der Waals surface area contributed by atoms with Crippen molar-refractivity contribution in [2.24, 2.45) is 11.8 Å². The lowest BCUT2D eigenvalue weighted by molar-refractivity contribution is -0.123. The molecule has 1 aliphatic carbocycles. The van der Waals surface area contributed by atoms with Gasteiger partial charge in [-0.2, -0.15) is 0 Å². The van der Waals surface area contributed by atoms with E-state index in [4.69, 9.17) is 4.74 Å². The average Bonchev–Trinajstić information content (AvgIpc) is 3.22. The van der Waals surface area contributed by atoms with Crippen LogP contribution in [0.4, 0.5) is 0 Å². The van der Waals surface area contributed by atoms with Gasteiger partial charge >= 0.3 is 0 Å². The number of carbonyl (C=O) groups excluding carboxylic acids is 2. The van der Waals surface area contributed by atoms with Crippen molar-refractivity contribution in [2.45, 2.75) is 26.3 Å². The molecule has 1 saturated carbocycles. The third-order valence-electron chi connectivity index (χ3n) is 3.72. The van der Waals surface area contributed by atoms with Crippen LogP contribution in [0.2, 0.25) is 0 Å². The summed E-state index contributed by atoms with van der Waals surface area (Å²) >= 11 is 0. The molecule has 2 amide bonds. The van der Waals surface area contributed by atoms with E-state index in [2.05, 4.69) is 17.6 Å². The second-order valence-corrected chi connectivity index (χ2v) is 5.49. The lowest BCUT2D eigenvalue weighted by Crippen LogP contribution is -2.31. The van der Waals surface area contributed by atoms with Crippen LogP contribution >= 0.6 is 0 Å². The third kappa shape index (κ3) is 4.77. The molecule has 5 nitrogen and oxygen atoms in total. The van der Waals surface area contributed by atoms with E-state index in [0.29, 0.717) is 25.4 Å². The van der Waals surface area contributed by atoms with Gasteiger partial charge in [-0.1, -0.05) is 19.1 Å².